The molecule has 0 radical (unpaired) electrons. The molecule has 0 atom stereocenters. The monoisotopic (exact) mass is 339 g/mol. The number of carbonyl (C=O) groups is 1. The van der Waals surface area contributed by atoms with E-state index in [0.717, 1.165) is 21.8 Å². The normalized spacial score (nSPS) is 10.7. The first kappa shape index (κ1) is 16.5. The van der Waals surface area contributed by atoms with Gasteiger partial charge >= 0.3 is 0 Å². The Kier molecular flexibility index (Phi) is 4.38. The summed E-state index contributed by atoms with van der Waals surface area (Å²) in [5.41, 5.74) is 2.07. The summed E-state index contributed by atoms with van der Waals surface area (Å²) in [5.74, 6) is 0.211. The zero-order valence-corrected chi connectivity index (χ0v) is 14.1. The van der Waals surface area contributed by atoms with Gasteiger partial charge in [-0.1, -0.05) is 0 Å². The fourth-order valence-corrected chi connectivity index (χ4v) is 2.33. The Labute approximate surface area is 143 Å². The van der Waals surface area contributed by atoms with Crippen molar-refractivity contribution in [3.8, 4) is 5.82 Å². The first-order valence-corrected chi connectivity index (χ1v) is 7.64. The molecule has 3 aromatic heterocycles. The Hall–Kier alpha value is -3.36. The van der Waals surface area contributed by atoms with Gasteiger partial charge in [0.15, 0.2) is 5.82 Å². The highest BCUT2D eigenvalue weighted by atomic mass is 16.2. The minimum atomic E-state index is -0.439. The third kappa shape index (κ3) is 3.77. The third-order valence-corrected chi connectivity index (χ3v) is 3.42. The molecular formula is C16H17N7O2. The lowest BCUT2D eigenvalue weighted by Crippen LogP contribution is -2.30. The van der Waals surface area contributed by atoms with E-state index in [2.05, 4.69) is 25.5 Å². The maximum Gasteiger partial charge on any atom is 0.267 e. The molecule has 0 aliphatic rings. The molecule has 9 nitrogen and oxygen atoms in total. The Morgan fingerprint density at radius 3 is 2.60 bits per heavy atom. The number of hydrogen-bond acceptors (Lipinski definition) is 6. The maximum atomic E-state index is 12.2. The van der Waals surface area contributed by atoms with Gasteiger partial charge in [0.25, 0.3) is 5.56 Å². The van der Waals surface area contributed by atoms with Gasteiger partial charge in [0.05, 0.1) is 5.69 Å². The lowest BCUT2D eigenvalue weighted by molar-refractivity contribution is -0.117. The predicted molar refractivity (Wildman–Crippen MR) is 90.5 cm³/mol. The van der Waals surface area contributed by atoms with E-state index >= 15 is 0 Å². The van der Waals surface area contributed by atoms with Crippen LogP contribution in [-0.2, 0) is 11.3 Å². The van der Waals surface area contributed by atoms with E-state index in [-0.39, 0.29) is 18.1 Å². The Morgan fingerprint density at radius 2 is 1.92 bits per heavy atom. The molecule has 0 bridgehead atoms. The first-order valence-electron chi connectivity index (χ1n) is 7.64. The van der Waals surface area contributed by atoms with Crippen molar-refractivity contribution < 1.29 is 4.79 Å². The highest BCUT2D eigenvalue weighted by Crippen LogP contribution is 2.08. The van der Waals surface area contributed by atoms with Crippen LogP contribution in [0.25, 0.3) is 5.82 Å². The van der Waals surface area contributed by atoms with E-state index < -0.39 is 5.91 Å². The summed E-state index contributed by atoms with van der Waals surface area (Å²) in [4.78, 5) is 32.2. The fourth-order valence-electron chi connectivity index (χ4n) is 2.33. The van der Waals surface area contributed by atoms with Crippen LogP contribution in [-0.4, -0.2) is 35.4 Å². The lowest BCUT2D eigenvalue weighted by atomic mass is 10.4. The van der Waals surface area contributed by atoms with Crippen LogP contribution in [0, 0.1) is 20.8 Å². The van der Waals surface area contributed by atoms with Crippen LogP contribution in [0.1, 0.15) is 17.1 Å². The number of carbonyl (C=O) groups excluding carboxylic acids is 1. The SMILES string of the molecule is Cc1ccnc(NC(=O)Cn2nc(-n3nc(C)cc3C)ccc2=O)n1. The number of nitrogens with zero attached hydrogens (tertiary/aromatic N) is 6. The zero-order chi connectivity index (χ0) is 18.0. The molecule has 3 heterocycles. The van der Waals surface area contributed by atoms with Crippen molar-refractivity contribution >= 4 is 11.9 Å². The Bertz CT molecular complexity index is 990. The van der Waals surface area contributed by atoms with Crippen molar-refractivity contribution in [2.75, 3.05) is 5.32 Å². The van der Waals surface area contributed by atoms with Crippen LogP contribution in [0.3, 0.4) is 0 Å². The fraction of sp³-hybridized carbons (Fsp3) is 0.250. The zero-order valence-electron chi connectivity index (χ0n) is 14.1. The molecule has 9 heteroatoms. The van der Waals surface area contributed by atoms with Crippen LogP contribution < -0.4 is 10.9 Å². The molecule has 0 unspecified atom stereocenters. The molecule has 128 valence electrons. The second-order valence-corrected chi connectivity index (χ2v) is 5.60. The lowest BCUT2D eigenvalue weighted by Gasteiger charge is -2.08. The summed E-state index contributed by atoms with van der Waals surface area (Å²) in [6, 6.07) is 6.55. The summed E-state index contributed by atoms with van der Waals surface area (Å²) < 4.78 is 2.70. The Balaban J connectivity index is 1.82. The van der Waals surface area contributed by atoms with Crippen LogP contribution in [0.2, 0.25) is 0 Å². The average molecular weight is 339 g/mol. The molecule has 0 aliphatic heterocycles. The predicted octanol–water partition coefficient (Wildman–Crippen LogP) is 0.783. The standard InChI is InChI=1S/C16H17N7O2/c1-10-6-7-17-16(18-10)19-14(24)9-22-15(25)5-4-13(21-22)23-12(3)8-11(2)20-23/h4-8H,9H2,1-3H3,(H,17,18,19,24). The summed E-state index contributed by atoms with van der Waals surface area (Å²) in [5, 5.41) is 11.1. The van der Waals surface area contributed by atoms with Gasteiger partial charge in [0.1, 0.15) is 6.54 Å². The highest BCUT2D eigenvalue weighted by molar-refractivity contribution is 5.88. The van der Waals surface area contributed by atoms with Crippen molar-refractivity contribution in [3.05, 3.63) is 57.9 Å². The van der Waals surface area contributed by atoms with E-state index in [1.807, 2.05) is 19.9 Å². The minimum absolute atomic E-state index is 0.188. The van der Waals surface area contributed by atoms with Gasteiger partial charge in [-0.2, -0.15) is 5.10 Å². The number of rotatable bonds is 4. The number of nitrogens with one attached hydrogen (secondary N) is 1. The van der Waals surface area contributed by atoms with Crippen molar-refractivity contribution in [1.82, 2.24) is 29.5 Å². The molecule has 3 rings (SSSR count). The van der Waals surface area contributed by atoms with Crippen molar-refractivity contribution in [1.29, 1.82) is 0 Å². The molecular weight excluding hydrogens is 322 g/mol. The van der Waals surface area contributed by atoms with Crippen molar-refractivity contribution in [2.24, 2.45) is 0 Å². The number of hydrogen-bond donors (Lipinski definition) is 1. The molecule has 1 amide bonds. The molecule has 0 saturated carbocycles. The molecule has 0 saturated heterocycles. The smallest absolute Gasteiger partial charge is 0.267 e. The van der Waals surface area contributed by atoms with Crippen LogP contribution in [0.15, 0.2) is 35.3 Å². The summed E-state index contributed by atoms with van der Waals surface area (Å²) in [6.45, 7) is 5.30. The Morgan fingerprint density at radius 1 is 1.12 bits per heavy atom. The summed E-state index contributed by atoms with van der Waals surface area (Å²) >= 11 is 0. The second-order valence-electron chi connectivity index (χ2n) is 5.60. The van der Waals surface area contributed by atoms with Gasteiger partial charge in [-0.3, -0.25) is 14.9 Å². The van der Waals surface area contributed by atoms with E-state index in [1.54, 1.807) is 29.9 Å². The maximum absolute atomic E-state index is 12.2. The van der Waals surface area contributed by atoms with E-state index in [9.17, 15) is 9.59 Å². The van der Waals surface area contributed by atoms with Gasteiger partial charge in [0, 0.05) is 23.7 Å². The third-order valence-electron chi connectivity index (χ3n) is 3.42. The molecule has 0 aliphatic carbocycles. The molecule has 3 aromatic rings. The number of aromatic nitrogens is 6. The molecule has 0 aromatic carbocycles. The number of amides is 1. The number of aryl methyl sites for hydroxylation is 3. The largest absolute Gasteiger partial charge is 0.293 e. The quantitative estimate of drug-likeness (QED) is 0.753. The van der Waals surface area contributed by atoms with Crippen molar-refractivity contribution in [3.63, 3.8) is 0 Å². The van der Waals surface area contributed by atoms with Crippen LogP contribution in [0.4, 0.5) is 5.95 Å². The minimum Gasteiger partial charge on any atom is -0.293 e. The second kappa shape index (κ2) is 6.63. The van der Waals surface area contributed by atoms with Gasteiger partial charge in [0.2, 0.25) is 11.9 Å². The number of anilines is 1. The van der Waals surface area contributed by atoms with Crippen LogP contribution in [0.5, 0.6) is 0 Å². The molecule has 1 N–H and O–H groups in total. The van der Waals surface area contributed by atoms with E-state index in [0.29, 0.717) is 5.82 Å². The average Bonchev–Trinajstić information content (AvgIpc) is 2.88. The van der Waals surface area contributed by atoms with Gasteiger partial charge < -0.3 is 0 Å². The van der Waals surface area contributed by atoms with Gasteiger partial charge in [-0.25, -0.2) is 19.3 Å². The van der Waals surface area contributed by atoms with Crippen LogP contribution >= 0.6 is 0 Å². The molecule has 25 heavy (non-hydrogen) atoms. The molecule has 0 fully saturated rings. The highest BCUT2D eigenvalue weighted by Gasteiger charge is 2.11. The summed E-state index contributed by atoms with van der Waals surface area (Å²) in [6.07, 6.45) is 1.55. The first-order chi connectivity index (χ1) is 11.9. The van der Waals surface area contributed by atoms with Gasteiger partial charge in [-0.15, -0.1) is 5.10 Å². The summed E-state index contributed by atoms with van der Waals surface area (Å²) in [7, 11) is 0. The van der Waals surface area contributed by atoms with E-state index in [4.69, 9.17) is 0 Å². The van der Waals surface area contributed by atoms with Gasteiger partial charge in [-0.05, 0) is 39.0 Å². The van der Waals surface area contributed by atoms with E-state index in [1.165, 1.54) is 6.07 Å². The topological polar surface area (TPSA) is 108 Å². The molecule has 0 spiro atoms. The van der Waals surface area contributed by atoms with Crippen molar-refractivity contribution in [2.45, 2.75) is 27.3 Å².